The van der Waals surface area contributed by atoms with Crippen LogP contribution in [0.25, 0.3) is 11.0 Å². The first-order chi connectivity index (χ1) is 15.2. The summed E-state index contributed by atoms with van der Waals surface area (Å²) in [5, 5.41) is 13.4. The highest BCUT2D eigenvalue weighted by Crippen LogP contribution is 2.36. The number of hydrogen-bond acceptors (Lipinski definition) is 7. The molecule has 1 fully saturated rings. The number of thiazole rings is 1. The van der Waals surface area contributed by atoms with Crippen LogP contribution in [-0.4, -0.2) is 40.2 Å². The Balaban J connectivity index is 1.66. The first-order valence-corrected chi connectivity index (χ1v) is 11.4. The average molecular weight is 479 g/mol. The summed E-state index contributed by atoms with van der Waals surface area (Å²) in [5.74, 6) is -0.814. The lowest BCUT2D eigenvalue weighted by atomic mass is 9.86. The fourth-order valence-corrected chi connectivity index (χ4v) is 4.89. The molecule has 0 radical (unpaired) electrons. The van der Waals surface area contributed by atoms with E-state index in [1.807, 2.05) is 6.92 Å². The van der Waals surface area contributed by atoms with E-state index >= 15 is 0 Å². The van der Waals surface area contributed by atoms with E-state index in [1.165, 1.54) is 11.3 Å². The highest BCUT2D eigenvalue weighted by atomic mass is 35.5. The van der Waals surface area contributed by atoms with Gasteiger partial charge in [-0.15, -0.1) is 11.3 Å². The number of fused-ring (bicyclic) bond motifs is 1. The van der Waals surface area contributed by atoms with Crippen molar-refractivity contribution < 1.29 is 28.6 Å². The number of halogens is 1. The quantitative estimate of drug-likeness (QED) is 0.536. The molecule has 0 aliphatic carbocycles. The van der Waals surface area contributed by atoms with E-state index in [-0.39, 0.29) is 31.1 Å². The zero-order valence-corrected chi connectivity index (χ0v) is 19.4. The second-order valence-corrected chi connectivity index (χ2v) is 9.29. The number of carbonyl (C=O) groups is 2. The molecule has 0 saturated carbocycles. The summed E-state index contributed by atoms with van der Waals surface area (Å²) in [4.78, 5) is 30.5. The zero-order valence-electron chi connectivity index (χ0n) is 17.9. The Kier molecular flexibility index (Phi) is 6.15. The van der Waals surface area contributed by atoms with Crippen LogP contribution in [0.15, 0.2) is 22.1 Å². The highest BCUT2D eigenvalue weighted by Gasteiger charge is 2.44. The first kappa shape index (κ1) is 22.6. The van der Waals surface area contributed by atoms with Crippen molar-refractivity contribution in [1.82, 2.24) is 10.3 Å². The fourth-order valence-electron chi connectivity index (χ4n) is 3.96. The molecular weight excluding hydrogens is 456 g/mol. The number of ether oxygens (including phenoxy) is 2. The van der Waals surface area contributed by atoms with Crippen LogP contribution in [0.4, 0.5) is 0 Å². The van der Waals surface area contributed by atoms with Crippen LogP contribution in [0.5, 0.6) is 5.75 Å². The van der Waals surface area contributed by atoms with Gasteiger partial charge in [-0.2, -0.15) is 0 Å². The fraction of sp³-hybridized carbons (Fsp3) is 0.409. The van der Waals surface area contributed by atoms with E-state index in [1.54, 1.807) is 31.5 Å². The van der Waals surface area contributed by atoms with Crippen molar-refractivity contribution in [2.45, 2.75) is 51.9 Å². The first-order valence-electron chi connectivity index (χ1n) is 10.1. The minimum absolute atomic E-state index is 0.173. The van der Waals surface area contributed by atoms with Gasteiger partial charge in [0.25, 0.3) is 5.91 Å². The normalized spacial score (nSPS) is 20.9. The molecule has 1 amide bonds. The predicted molar refractivity (Wildman–Crippen MR) is 120 cm³/mol. The van der Waals surface area contributed by atoms with E-state index in [4.69, 9.17) is 25.5 Å². The zero-order chi connectivity index (χ0) is 23.0. The molecule has 8 nitrogen and oxygen atoms in total. The number of carbonyl (C=O) groups excluding carboxylic acids is 1. The van der Waals surface area contributed by atoms with Crippen molar-refractivity contribution in [3.8, 4) is 5.75 Å². The van der Waals surface area contributed by atoms with Crippen molar-refractivity contribution in [2.75, 3.05) is 6.61 Å². The minimum atomic E-state index is -1.41. The number of benzene rings is 1. The van der Waals surface area contributed by atoms with Crippen molar-refractivity contribution in [3.63, 3.8) is 0 Å². The number of hydrogen-bond donors (Lipinski definition) is 2. The smallest absolute Gasteiger partial charge is 0.329 e. The summed E-state index contributed by atoms with van der Waals surface area (Å²) in [5.41, 5.74) is 1.82. The van der Waals surface area contributed by atoms with Gasteiger partial charge in [0, 0.05) is 30.9 Å². The second-order valence-electron chi connectivity index (χ2n) is 7.94. The van der Waals surface area contributed by atoms with Crippen LogP contribution in [0.1, 0.15) is 46.5 Å². The van der Waals surface area contributed by atoms with Gasteiger partial charge in [0.15, 0.2) is 5.58 Å². The molecule has 0 spiro atoms. The standard InChI is InChI=1S/C22H23ClN2O6S/c1-11-8-22(21(27)28,4-5-29-11)25-20(26)18-13(3)31-19-15(18)6-14(7-16(19)23)30-9-17-12(2)24-10-32-17/h6-7,10-11H,4-5,8-9H2,1-3H3,(H,25,26)(H,27,28). The molecule has 1 aliphatic heterocycles. The summed E-state index contributed by atoms with van der Waals surface area (Å²) in [7, 11) is 0. The van der Waals surface area contributed by atoms with E-state index in [0.29, 0.717) is 34.1 Å². The van der Waals surface area contributed by atoms with Crippen molar-refractivity contribution in [2.24, 2.45) is 0 Å². The molecule has 2 N–H and O–H groups in total. The van der Waals surface area contributed by atoms with Crippen LogP contribution >= 0.6 is 22.9 Å². The van der Waals surface area contributed by atoms with Crippen LogP contribution < -0.4 is 10.1 Å². The molecule has 1 aliphatic rings. The van der Waals surface area contributed by atoms with Gasteiger partial charge >= 0.3 is 5.97 Å². The third-order valence-corrected chi connectivity index (χ3v) is 6.85. The number of aryl methyl sites for hydroxylation is 2. The van der Waals surface area contributed by atoms with Gasteiger partial charge in [-0.3, -0.25) is 4.79 Å². The van der Waals surface area contributed by atoms with Crippen LogP contribution in [-0.2, 0) is 16.1 Å². The van der Waals surface area contributed by atoms with E-state index in [0.717, 1.165) is 10.6 Å². The van der Waals surface area contributed by atoms with Gasteiger partial charge in [-0.05, 0) is 26.8 Å². The predicted octanol–water partition coefficient (Wildman–Crippen LogP) is 4.49. The SMILES string of the molecule is Cc1ncsc1COc1cc(Cl)c2oc(C)c(C(=O)NC3(C(=O)O)CCOC(C)C3)c2c1. The topological polar surface area (TPSA) is 111 Å². The number of nitrogens with one attached hydrogen (secondary N) is 1. The number of amides is 1. The third-order valence-electron chi connectivity index (χ3n) is 5.66. The van der Waals surface area contributed by atoms with Crippen LogP contribution in [0.2, 0.25) is 5.02 Å². The molecule has 32 heavy (non-hydrogen) atoms. The molecule has 3 heterocycles. The van der Waals surface area contributed by atoms with Gasteiger partial charge in [-0.1, -0.05) is 11.6 Å². The molecule has 1 aromatic carbocycles. The van der Waals surface area contributed by atoms with Crippen LogP contribution in [0.3, 0.4) is 0 Å². The van der Waals surface area contributed by atoms with Crippen molar-refractivity contribution in [3.05, 3.63) is 44.6 Å². The van der Waals surface area contributed by atoms with Gasteiger partial charge < -0.3 is 24.3 Å². The van der Waals surface area contributed by atoms with Crippen LogP contribution in [0, 0.1) is 13.8 Å². The van der Waals surface area contributed by atoms with Gasteiger partial charge in [0.1, 0.15) is 23.7 Å². The summed E-state index contributed by atoms with van der Waals surface area (Å²) >= 11 is 7.90. The Morgan fingerprint density at radius 1 is 1.41 bits per heavy atom. The Hall–Kier alpha value is -2.62. The number of nitrogens with zero attached hydrogens (tertiary/aromatic N) is 1. The van der Waals surface area contributed by atoms with Gasteiger partial charge in [-0.25, -0.2) is 9.78 Å². The number of carboxylic acids is 1. The lowest BCUT2D eigenvalue weighted by Crippen LogP contribution is -2.58. The molecule has 170 valence electrons. The monoisotopic (exact) mass is 478 g/mol. The molecule has 2 atom stereocenters. The van der Waals surface area contributed by atoms with Crippen molar-refractivity contribution >= 4 is 45.8 Å². The largest absolute Gasteiger partial charge is 0.488 e. The molecule has 4 rings (SSSR count). The maximum absolute atomic E-state index is 13.3. The molecule has 10 heteroatoms. The molecule has 0 bridgehead atoms. The Morgan fingerprint density at radius 3 is 2.84 bits per heavy atom. The number of aromatic nitrogens is 1. The number of aliphatic carboxylic acids is 1. The molecule has 3 aromatic rings. The van der Waals surface area contributed by atoms with Gasteiger partial charge in [0.05, 0.1) is 32.8 Å². The molecule has 2 unspecified atom stereocenters. The summed E-state index contributed by atoms with van der Waals surface area (Å²) in [6.07, 6.45) is 0.0648. The lowest BCUT2D eigenvalue weighted by molar-refractivity contribution is -0.150. The summed E-state index contributed by atoms with van der Waals surface area (Å²) in [6.45, 7) is 5.90. The minimum Gasteiger partial charge on any atom is -0.488 e. The number of furan rings is 1. The third kappa shape index (κ3) is 4.20. The Bertz CT molecular complexity index is 1190. The van der Waals surface area contributed by atoms with Crippen molar-refractivity contribution in [1.29, 1.82) is 0 Å². The summed E-state index contributed by atoms with van der Waals surface area (Å²) in [6, 6.07) is 3.31. The van der Waals surface area contributed by atoms with E-state index in [2.05, 4.69) is 10.3 Å². The molecule has 2 aromatic heterocycles. The number of rotatable bonds is 6. The maximum Gasteiger partial charge on any atom is 0.329 e. The highest BCUT2D eigenvalue weighted by molar-refractivity contribution is 7.09. The molecular formula is C22H23ClN2O6S. The Morgan fingerprint density at radius 2 is 2.19 bits per heavy atom. The average Bonchev–Trinajstić information content (AvgIpc) is 3.28. The number of carboxylic acid groups (broad SMARTS) is 1. The van der Waals surface area contributed by atoms with E-state index in [9.17, 15) is 14.7 Å². The van der Waals surface area contributed by atoms with Gasteiger partial charge in [0.2, 0.25) is 0 Å². The maximum atomic E-state index is 13.3. The molecule has 1 saturated heterocycles. The lowest BCUT2D eigenvalue weighted by Gasteiger charge is -2.37. The summed E-state index contributed by atoms with van der Waals surface area (Å²) < 4.78 is 17.1. The second kappa shape index (κ2) is 8.73. The van der Waals surface area contributed by atoms with E-state index < -0.39 is 17.4 Å². The Labute approximate surface area is 193 Å².